The molecule has 2 N–H and O–H groups in total. The minimum atomic E-state index is -5.21. The summed E-state index contributed by atoms with van der Waals surface area (Å²) in [6.07, 6.45) is -15.1. The van der Waals surface area contributed by atoms with Gasteiger partial charge in [-0.3, -0.25) is 8.80 Å². The molecule has 0 aliphatic heterocycles. The van der Waals surface area contributed by atoms with Gasteiger partial charge in [0.1, 0.15) is 22.3 Å². The summed E-state index contributed by atoms with van der Waals surface area (Å²) in [7, 11) is 0. The molecule has 41 heavy (non-hydrogen) atoms. The molecule has 3 aromatic carbocycles. The molecular weight excluding hydrogens is 571 g/mol. The highest BCUT2D eigenvalue weighted by molar-refractivity contribution is 6.15. The number of benzene rings is 3. The van der Waals surface area contributed by atoms with Crippen LogP contribution in [-0.2, 0) is 18.5 Å². The Balaban J connectivity index is 1.61. The summed E-state index contributed by atoms with van der Waals surface area (Å²) in [4.78, 5) is 8.02. The van der Waals surface area contributed by atoms with E-state index in [1.807, 2.05) is 0 Å². The van der Waals surface area contributed by atoms with Crippen LogP contribution in [0.3, 0.4) is 0 Å². The second-order valence-electron chi connectivity index (χ2n) is 9.70. The number of alkyl halides is 9. The third-order valence-corrected chi connectivity index (χ3v) is 7.15. The lowest BCUT2D eigenvalue weighted by atomic mass is 10.1. The van der Waals surface area contributed by atoms with E-state index in [1.165, 1.54) is 25.1 Å². The maximum Gasteiger partial charge on any atom is 0.418 e. The molecule has 0 saturated carbocycles. The fourth-order valence-electron chi connectivity index (χ4n) is 5.46. The van der Waals surface area contributed by atoms with Crippen LogP contribution < -0.4 is 0 Å². The number of aryl methyl sites for hydroxylation is 1. The number of halogens is 9. The molecule has 4 heterocycles. The highest BCUT2D eigenvalue weighted by atomic mass is 19.4. The molecule has 4 aromatic heterocycles. The van der Waals surface area contributed by atoms with Gasteiger partial charge in [-0.1, -0.05) is 0 Å². The van der Waals surface area contributed by atoms with Gasteiger partial charge in [-0.2, -0.15) is 39.5 Å². The van der Waals surface area contributed by atoms with Crippen LogP contribution in [0.1, 0.15) is 22.3 Å². The van der Waals surface area contributed by atoms with Crippen molar-refractivity contribution in [2.75, 3.05) is 0 Å². The van der Waals surface area contributed by atoms with Gasteiger partial charge in [-0.25, -0.2) is 9.97 Å². The molecule has 0 fully saturated rings. The Morgan fingerprint density at radius 3 is 1.44 bits per heavy atom. The molecule has 6 nitrogen and oxygen atoms in total. The van der Waals surface area contributed by atoms with E-state index >= 15 is 0 Å². The number of nitrogens with zero attached hydrogens (tertiary/aromatic N) is 4. The number of aromatic nitrogens is 4. The first kappa shape index (κ1) is 25.3. The topological polar surface area (TPSA) is 75.1 Å². The molecule has 0 aliphatic rings. The van der Waals surface area contributed by atoms with Crippen molar-refractivity contribution in [3.8, 4) is 11.8 Å². The molecule has 7 aromatic rings. The Morgan fingerprint density at radius 2 is 1.00 bits per heavy atom. The van der Waals surface area contributed by atoms with Crippen molar-refractivity contribution in [1.29, 1.82) is 0 Å². The number of hydrogen-bond acceptors (Lipinski definition) is 4. The van der Waals surface area contributed by atoms with E-state index in [0.29, 0.717) is 6.07 Å². The lowest BCUT2D eigenvalue weighted by Crippen LogP contribution is -2.11. The SMILES string of the molecule is Cc1cc(C(F)(F)F)c2nc3c4cc5c(O)n6c7cc(C(F)(F)F)cc(C(F)(F)F)c7nc6c5cc4c(O)n3c2c1. The van der Waals surface area contributed by atoms with Gasteiger partial charge in [0.25, 0.3) is 0 Å². The van der Waals surface area contributed by atoms with Crippen molar-refractivity contribution < 1.29 is 49.7 Å². The van der Waals surface area contributed by atoms with E-state index in [9.17, 15) is 49.7 Å². The van der Waals surface area contributed by atoms with Crippen molar-refractivity contribution in [1.82, 2.24) is 18.8 Å². The summed E-state index contributed by atoms with van der Waals surface area (Å²) < 4.78 is 125. The van der Waals surface area contributed by atoms with E-state index in [1.54, 1.807) is 0 Å². The maximum atomic E-state index is 13.7. The molecule has 0 radical (unpaired) electrons. The smallest absolute Gasteiger partial charge is 0.418 e. The monoisotopic (exact) mass is 582 g/mol. The van der Waals surface area contributed by atoms with Crippen LogP contribution in [0, 0.1) is 6.92 Å². The Morgan fingerprint density at radius 1 is 0.561 bits per heavy atom. The largest absolute Gasteiger partial charge is 0.494 e. The van der Waals surface area contributed by atoms with E-state index < -0.39 is 63.5 Å². The lowest BCUT2D eigenvalue weighted by molar-refractivity contribution is -0.142. The zero-order valence-electron chi connectivity index (χ0n) is 20.0. The Bertz CT molecular complexity index is 2260. The van der Waals surface area contributed by atoms with Crippen molar-refractivity contribution in [2.45, 2.75) is 25.5 Å². The molecule has 0 saturated heterocycles. The first-order valence-corrected chi connectivity index (χ1v) is 11.6. The first-order valence-electron chi connectivity index (χ1n) is 11.6. The van der Waals surface area contributed by atoms with Crippen LogP contribution in [0.5, 0.6) is 11.8 Å². The zero-order chi connectivity index (χ0) is 29.5. The fourth-order valence-corrected chi connectivity index (χ4v) is 5.46. The number of hydrogen-bond donors (Lipinski definition) is 2. The van der Waals surface area contributed by atoms with Crippen LogP contribution in [0.15, 0.2) is 36.4 Å². The van der Waals surface area contributed by atoms with E-state index in [4.69, 9.17) is 0 Å². The quantitative estimate of drug-likeness (QED) is 0.179. The van der Waals surface area contributed by atoms with Gasteiger partial charge in [0.15, 0.2) is 0 Å². The van der Waals surface area contributed by atoms with Crippen LogP contribution in [-0.4, -0.2) is 29.0 Å². The van der Waals surface area contributed by atoms with Gasteiger partial charge in [0, 0.05) is 21.5 Å². The average molecular weight is 582 g/mol. The Hall–Kier alpha value is -4.69. The average Bonchev–Trinajstić information content (AvgIpc) is 3.55. The standard InChI is InChI=1S/C26H11F9N4O2/c1-8-2-14(25(30,31)32)18-16(3-8)38-20(36-18)10-6-13-11(7-12(10)22(38)40)21-37-19-15(26(33,34)35)4-9(24(27,28)29)5-17(19)39(21)23(13)41/h2-7,40-41H,1H3. The van der Waals surface area contributed by atoms with Crippen molar-refractivity contribution in [2.24, 2.45) is 0 Å². The molecule has 7 rings (SSSR count). The number of fused-ring (bicyclic) bond motifs is 10. The molecule has 0 atom stereocenters. The van der Waals surface area contributed by atoms with E-state index in [2.05, 4.69) is 9.97 Å². The predicted molar refractivity (Wildman–Crippen MR) is 128 cm³/mol. The van der Waals surface area contributed by atoms with Gasteiger partial charge in [0.05, 0.1) is 27.7 Å². The van der Waals surface area contributed by atoms with Gasteiger partial charge in [-0.15, -0.1) is 0 Å². The number of rotatable bonds is 0. The van der Waals surface area contributed by atoms with Crippen molar-refractivity contribution in [3.63, 3.8) is 0 Å². The highest BCUT2D eigenvalue weighted by Gasteiger charge is 2.40. The second-order valence-corrected chi connectivity index (χ2v) is 9.70. The van der Waals surface area contributed by atoms with Gasteiger partial charge in [0.2, 0.25) is 11.8 Å². The summed E-state index contributed by atoms with van der Waals surface area (Å²) in [5.74, 6) is -1.29. The van der Waals surface area contributed by atoms with Crippen LogP contribution in [0.4, 0.5) is 39.5 Å². The Kier molecular flexibility index (Phi) is 4.52. The summed E-state index contributed by atoms with van der Waals surface area (Å²) in [5, 5.41) is 22.1. The molecular formula is C26H11F9N4O2. The molecule has 210 valence electrons. The minimum absolute atomic E-state index is 0.0172. The first-order chi connectivity index (χ1) is 19.0. The third kappa shape index (κ3) is 3.28. The maximum absolute atomic E-state index is 13.7. The summed E-state index contributed by atoms with van der Waals surface area (Å²) in [6, 6.07) is 5.13. The number of aromatic hydroxyl groups is 2. The molecule has 15 heteroatoms. The lowest BCUT2D eigenvalue weighted by Gasteiger charge is -2.12. The third-order valence-electron chi connectivity index (χ3n) is 7.15. The molecule has 0 unspecified atom stereocenters. The minimum Gasteiger partial charge on any atom is -0.494 e. The second kappa shape index (κ2) is 7.33. The molecule has 0 amide bonds. The molecule has 0 bridgehead atoms. The normalized spacial score (nSPS) is 13.8. The van der Waals surface area contributed by atoms with Crippen molar-refractivity contribution >= 4 is 54.9 Å². The van der Waals surface area contributed by atoms with Gasteiger partial charge >= 0.3 is 18.5 Å². The van der Waals surface area contributed by atoms with Gasteiger partial charge < -0.3 is 10.2 Å². The fraction of sp³-hybridized carbons (Fsp3) is 0.154. The number of imidazole rings is 2. The van der Waals surface area contributed by atoms with Gasteiger partial charge in [-0.05, 0) is 48.9 Å². The van der Waals surface area contributed by atoms with E-state index in [0.717, 1.165) is 14.9 Å². The summed E-state index contributed by atoms with van der Waals surface area (Å²) in [6.45, 7) is 1.43. The molecule has 0 aliphatic carbocycles. The van der Waals surface area contributed by atoms with E-state index in [-0.39, 0.29) is 50.0 Å². The Labute approximate surface area is 219 Å². The van der Waals surface area contributed by atoms with Crippen LogP contribution >= 0.6 is 0 Å². The summed E-state index contributed by atoms with van der Waals surface area (Å²) in [5.41, 5.74) is -6.49. The molecule has 0 spiro atoms. The highest BCUT2D eigenvalue weighted by Crippen LogP contribution is 2.46. The van der Waals surface area contributed by atoms with Crippen molar-refractivity contribution in [3.05, 3.63) is 58.7 Å². The predicted octanol–water partition coefficient (Wildman–Crippen LogP) is 7.81. The van der Waals surface area contributed by atoms with Crippen LogP contribution in [0.2, 0.25) is 0 Å². The summed E-state index contributed by atoms with van der Waals surface area (Å²) >= 11 is 0. The zero-order valence-corrected chi connectivity index (χ0v) is 20.0. The van der Waals surface area contributed by atoms with Crippen LogP contribution in [0.25, 0.3) is 54.9 Å².